The molecular formula is C15H26N4O2. The van der Waals surface area contributed by atoms with E-state index in [9.17, 15) is 0 Å². The van der Waals surface area contributed by atoms with Crippen LogP contribution in [0.5, 0.6) is 5.75 Å². The molecule has 0 aliphatic carbocycles. The lowest BCUT2D eigenvalue weighted by molar-refractivity contribution is 0.315. The topological polar surface area (TPSA) is 84.0 Å². The summed E-state index contributed by atoms with van der Waals surface area (Å²) in [4.78, 5) is 6.57. The molecule has 118 valence electrons. The quantitative estimate of drug-likeness (QED) is 0.316. The Bertz CT molecular complexity index is 449. The Morgan fingerprint density at radius 1 is 1.52 bits per heavy atom. The van der Waals surface area contributed by atoms with Crippen LogP contribution >= 0.6 is 0 Å². The molecule has 1 rings (SSSR count). The van der Waals surface area contributed by atoms with E-state index in [2.05, 4.69) is 35.8 Å². The maximum Gasteiger partial charge on any atom is 0.171 e. The molecule has 0 spiro atoms. The van der Waals surface area contributed by atoms with Gasteiger partial charge in [0.15, 0.2) is 11.6 Å². The van der Waals surface area contributed by atoms with E-state index in [-0.39, 0.29) is 5.84 Å². The van der Waals surface area contributed by atoms with E-state index in [1.807, 2.05) is 12.1 Å². The number of pyridine rings is 1. The fourth-order valence-electron chi connectivity index (χ4n) is 1.97. The first-order valence-corrected chi connectivity index (χ1v) is 7.37. The number of nitrogens with two attached hydrogens (primary N) is 1. The average molecular weight is 294 g/mol. The van der Waals surface area contributed by atoms with E-state index in [1.165, 1.54) is 0 Å². The number of rotatable bonds is 9. The van der Waals surface area contributed by atoms with Crippen LogP contribution in [0.4, 0.5) is 5.82 Å². The molecule has 0 aliphatic rings. The van der Waals surface area contributed by atoms with Gasteiger partial charge in [-0.05, 0) is 24.5 Å². The smallest absolute Gasteiger partial charge is 0.171 e. The van der Waals surface area contributed by atoms with Crippen molar-refractivity contribution in [3.63, 3.8) is 0 Å². The molecule has 1 aromatic heterocycles. The van der Waals surface area contributed by atoms with Gasteiger partial charge in [-0.3, -0.25) is 0 Å². The van der Waals surface area contributed by atoms with Crippen LogP contribution in [-0.2, 0) is 0 Å². The second-order valence-corrected chi connectivity index (χ2v) is 5.35. The largest absolute Gasteiger partial charge is 0.490 e. The minimum atomic E-state index is 0.218. The Kier molecular flexibility index (Phi) is 7.36. The van der Waals surface area contributed by atoms with E-state index in [0.717, 1.165) is 24.5 Å². The summed E-state index contributed by atoms with van der Waals surface area (Å²) in [6.45, 7) is 8.48. The third kappa shape index (κ3) is 5.89. The van der Waals surface area contributed by atoms with Crippen molar-refractivity contribution in [2.45, 2.75) is 33.6 Å². The van der Waals surface area contributed by atoms with Crippen LogP contribution in [0.25, 0.3) is 0 Å². The summed E-state index contributed by atoms with van der Waals surface area (Å²) in [5, 5.41) is 11.7. The zero-order chi connectivity index (χ0) is 15.7. The maximum atomic E-state index is 8.67. The second-order valence-electron chi connectivity index (χ2n) is 5.35. The van der Waals surface area contributed by atoms with Crippen molar-refractivity contribution in [3.8, 4) is 5.75 Å². The molecule has 0 aliphatic heterocycles. The Morgan fingerprint density at radius 2 is 2.29 bits per heavy atom. The molecule has 1 heterocycles. The number of amidine groups is 1. The molecule has 0 bridgehead atoms. The van der Waals surface area contributed by atoms with E-state index in [0.29, 0.717) is 25.5 Å². The highest BCUT2D eigenvalue weighted by Crippen LogP contribution is 2.26. The van der Waals surface area contributed by atoms with Crippen molar-refractivity contribution >= 4 is 11.7 Å². The SMILES string of the molecule is CCCOc1cccnc1N(CC/C(N)=N/O)CC(C)C. The Labute approximate surface area is 126 Å². The van der Waals surface area contributed by atoms with Gasteiger partial charge in [-0.2, -0.15) is 0 Å². The van der Waals surface area contributed by atoms with Crippen LogP contribution in [0.2, 0.25) is 0 Å². The molecule has 21 heavy (non-hydrogen) atoms. The predicted molar refractivity (Wildman–Crippen MR) is 85.1 cm³/mol. The lowest BCUT2D eigenvalue weighted by Gasteiger charge is -2.27. The summed E-state index contributed by atoms with van der Waals surface area (Å²) in [5.41, 5.74) is 5.57. The number of oxime groups is 1. The highest BCUT2D eigenvalue weighted by atomic mass is 16.5. The minimum absolute atomic E-state index is 0.218. The predicted octanol–water partition coefficient (Wildman–Crippen LogP) is 2.47. The Hall–Kier alpha value is -1.98. The maximum absolute atomic E-state index is 8.67. The zero-order valence-corrected chi connectivity index (χ0v) is 13.1. The summed E-state index contributed by atoms with van der Waals surface area (Å²) in [6.07, 6.45) is 3.18. The van der Waals surface area contributed by atoms with Crippen LogP contribution in [0.3, 0.4) is 0 Å². The fourth-order valence-corrected chi connectivity index (χ4v) is 1.97. The van der Waals surface area contributed by atoms with Gasteiger partial charge in [-0.15, -0.1) is 0 Å². The summed E-state index contributed by atoms with van der Waals surface area (Å²) in [6, 6.07) is 3.79. The molecular weight excluding hydrogens is 268 g/mol. The van der Waals surface area contributed by atoms with Crippen molar-refractivity contribution in [2.75, 3.05) is 24.6 Å². The molecule has 0 atom stereocenters. The van der Waals surface area contributed by atoms with Gasteiger partial charge in [0.05, 0.1) is 6.61 Å². The standard InChI is InChI=1S/C15H26N4O2/c1-4-10-21-13-6-5-8-17-15(13)19(11-12(2)3)9-7-14(16)18-20/h5-6,8,12,20H,4,7,9-11H2,1-3H3,(H2,16,18). The van der Waals surface area contributed by atoms with Crippen molar-refractivity contribution in [3.05, 3.63) is 18.3 Å². The monoisotopic (exact) mass is 294 g/mol. The van der Waals surface area contributed by atoms with Crippen LogP contribution in [0.15, 0.2) is 23.5 Å². The number of anilines is 1. The van der Waals surface area contributed by atoms with E-state index >= 15 is 0 Å². The first-order valence-electron chi connectivity index (χ1n) is 7.37. The van der Waals surface area contributed by atoms with Crippen LogP contribution < -0.4 is 15.4 Å². The van der Waals surface area contributed by atoms with Gasteiger partial charge in [-0.25, -0.2) is 4.98 Å². The molecule has 6 heteroatoms. The molecule has 0 fully saturated rings. The molecule has 6 nitrogen and oxygen atoms in total. The van der Waals surface area contributed by atoms with Crippen LogP contribution in [-0.4, -0.2) is 35.7 Å². The molecule has 0 aromatic carbocycles. The molecule has 0 amide bonds. The van der Waals surface area contributed by atoms with Gasteiger partial charge in [0.2, 0.25) is 0 Å². The van der Waals surface area contributed by atoms with Crippen molar-refractivity contribution in [1.29, 1.82) is 0 Å². The molecule has 0 saturated heterocycles. The normalized spacial score (nSPS) is 11.7. The first-order chi connectivity index (χ1) is 10.1. The number of aromatic nitrogens is 1. The van der Waals surface area contributed by atoms with Crippen LogP contribution in [0.1, 0.15) is 33.6 Å². The fraction of sp³-hybridized carbons (Fsp3) is 0.600. The zero-order valence-electron chi connectivity index (χ0n) is 13.1. The van der Waals surface area contributed by atoms with Gasteiger partial charge in [-0.1, -0.05) is 25.9 Å². The summed E-state index contributed by atoms with van der Waals surface area (Å²) >= 11 is 0. The minimum Gasteiger partial charge on any atom is -0.490 e. The van der Waals surface area contributed by atoms with E-state index in [1.54, 1.807) is 6.20 Å². The summed E-state index contributed by atoms with van der Waals surface area (Å²) in [7, 11) is 0. The number of nitrogens with zero attached hydrogens (tertiary/aromatic N) is 3. The van der Waals surface area contributed by atoms with E-state index < -0.39 is 0 Å². The molecule has 3 N–H and O–H groups in total. The second kappa shape index (κ2) is 9.05. The van der Waals surface area contributed by atoms with E-state index in [4.69, 9.17) is 15.7 Å². The van der Waals surface area contributed by atoms with Gasteiger partial charge in [0, 0.05) is 25.7 Å². The van der Waals surface area contributed by atoms with Crippen LogP contribution in [0, 0.1) is 5.92 Å². The highest BCUT2D eigenvalue weighted by molar-refractivity contribution is 5.80. The highest BCUT2D eigenvalue weighted by Gasteiger charge is 2.15. The van der Waals surface area contributed by atoms with Gasteiger partial charge in [0.25, 0.3) is 0 Å². The van der Waals surface area contributed by atoms with Gasteiger partial charge >= 0.3 is 0 Å². The summed E-state index contributed by atoms with van der Waals surface area (Å²) in [5.74, 6) is 2.28. The first kappa shape index (κ1) is 17.1. The lowest BCUT2D eigenvalue weighted by Crippen LogP contribution is -2.32. The molecule has 0 radical (unpaired) electrons. The Morgan fingerprint density at radius 3 is 2.90 bits per heavy atom. The van der Waals surface area contributed by atoms with Gasteiger partial charge < -0.3 is 20.6 Å². The Balaban J connectivity index is 2.90. The van der Waals surface area contributed by atoms with Crippen molar-refractivity contribution in [2.24, 2.45) is 16.8 Å². The third-order valence-corrected chi connectivity index (χ3v) is 2.86. The van der Waals surface area contributed by atoms with Gasteiger partial charge in [0.1, 0.15) is 5.84 Å². The molecule has 0 saturated carbocycles. The van der Waals surface area contributed by atoms with Crippen molar-refractivity contribution < 1.29 is 9.94 Å². The number of hydrogen-bond acceptors (Lipinski definition) is 5. The summed E-state index contributed by atoms with van der Waals surface area (Å²) < 4.78 is 5.77. The molecule has 0 unspecified atom stereocenters. The average Bonchev–Trinajstić information content (AvgIpc) is 2.49. The lowest BCUT2D eigenvalue weighted by atomic mass is 10.2. The molecule has 1 aromatic rings. The number of hydrogen-bond donors (Lipinski definition) is 2. The number of ether oxygens (including phenoxy) is 1. The van der Waals surface area contributed by atoms with Crippen molar-refractivity contribution in [1.82, 2.24) is 4.98 Å². The third-order valence-electron chi connectivity index (χ3n) is 2.86.